The average Bonchev–Trinajstić information content (AvgIpc) is 2.54. The van der Waals surface area contributed by atoms with E-state index in [-0.39, 0.29) is 0 Å². The maximum absolute atomic E-state index is 10.3. The van der Waals surface area contributed by atoms with Crippen LogP contribution in [0.5, 0.6) is 5.75 Å². The Morgan fingerprint density at radius 2 is 1.35 bits per heavy atom. The van der Waals surface area contributed by atoms with E-state index in [1.807, 2.05) is 6.92 Å². The van der Waals surface area contributed by atoms with Crippen molar-refractivity contribution in [2.24, 2.45) is 0 Å². The topological polar surface area (TPSA) is 20.2 Å². The van der Waals surface area contributed by atoms with Gasteiger partial charge in [-0.15, -0.1) is 0 Å². The molecule has 0 heterocycles. The van der Waals surface area contributed by atoms with Gasteiger partial charge in [0.25, 0.3) is 0 Å². The van der Waals surface area contributed by atoms with Gasteiger partial charge in [-0.3, -0.25) is 0 Å². The van der Waals surface area contributed by atoms with Crippen molar-refractivity contribution >= 4 is 0 Å². The zero-order valence-corrected chi connectivity index (χ0v) is 16.0. The Labute approximate surface area is 144 Å². The van der Waals surface area contributed by atoms with Crippen LogP contribution in [0, 0.1) is 13.8 Å². The summed E-state index contributed by atoms with van der Waals surface area (Å²) in [4.78, 5) is 0. The fourth-order valence-corrected chi connectivity index (χ4v) is 3.31. The van der Waals surface area contributed by atoms with Crippen LogP contribution in [0.1, 0.15) is 107 Å². The lowest BCUT2D eigenvalue weighted by Crippen LogP contribution is -1.97. The summed E-state index contributed by atoms with van der Waals surface area (Å²) in [5.74, 6) is 0.980. The van der Waals surface area contributed by atoms with Crippen molar-refractivity contribution in [1.82, 2.24) is 0 Å². The van der Waals surface area contributed by atoms with Crippen LogP contribution in [0.3, 0.4) is 0 Å². The first kappa shape index (κ1) is 20.1. The lowest BCUT2D eigenvalue weighted by Gasteiger charge is -2.16. The lowest BCUT2D eigenvalue weighted by atomic mass is 9.91. The fourth-order valence-electron chi connectivity index (χ4n) is 3.31. The predicted octanol–water partition coefficient (Wildman–Crippen LogP) is 7.42. The van der Waals surface area contributed by atoms with Gasteiger partial charge in [-0.2, -0.15) is 0 Å². The predicted molar refractivity (Wildman–Crippen MR) is 102 cm³/mol. The van der Waals surface area contributed by atoms with Gasteiger partial charge in [-0.1, -0.05) is 90.2 Å². The highest BCUT2D eigenvalue weighted by Crippen LogP contribution is 2.33. The molecule has 1 aromatic rings. The number of benzene rings is 1. The van der Waals surface area contributed by atoms with Crippen molar-refractivity contribution in [3.05, 3.63) is 28.8 Å². The zero-order chi connectivity index (χ0) is 17.1. The number of unbranched alkanes of at least 4 members (excludes halogenated alkanes) is 9. The second-order valence-corrected chi connectivity index (χ2v) is 7.32. The molecule has 0 bridgehead atoms. The van der Waals surface area contributed by atoms with Gasteiger partial charge >= 0.3 is 0 Å². The second kappa shape index (κ2) is 11.5. The third-order valence-corrected chi connectivity index (χ3v) is 5.25. The molecule has 1 nitrogen and oxygen atoms in total. The summed E-state index contributed by atoms with van der Waals surface area (Å²) >= 11 is 0. The Kier molecular flexibility index (Phi) is 10.1. The van der Waals surface area contributed by atoms with Crippen LogP contribution >= 0.6 is 0 Å². The van der Waals surface area contributed by atoms with Crippen molar-refractivity contribution in [3.8, 4) is 5.75 Å². The van der Waals surface area contributed by atoms with Crippen LogP contribution in [0.25, 0.3) is 0 Å². The summed E-state index contributed by atoms with van der Waals surface area (Å²) < 4.78 is 0. The minimum atomic E-state index is 0.461. The molecule has 132 valence electrons. The van der Waals surface area contributed by atoms with Crippen LogP contribution in [-0.2, 0) is 0 Å². The van der Waals surface area contributed by atoms with E-state index in [1.165, 1.54) is 76.2 Å². The molecule has 1 rings (SSSR count). The largest absolute Gasteiger partial charge is 0.507 e. The van der Waals surface area contributed by atoms with Gasteiger partial charge in [0, 0.05) is 0 Å². The van der Waals surface area contributed by atoms with Gasteiger partial charge in [0.05, 0.1) is 0 Å². The Bertz CT molecular complexity index is 436. The number of hydrogen-bond donors (Lipinski definition) is 1. The number of aryl methyl sites for hydroxylation is 1. The highest BCUT2D eigenvalue weighted by atomic mass is 16.3. The number of aromatic hydroxyl groups is 1. The normalized spacial score (nSPS) is 12.5. The molecule has 0 aliphatic rings. The standard InChI is InChI=1S/C22H38O/c1-5-6-7-8-9-10-11-12-13-14-15-19(3)21-17-16-18(2)20(4)22(21)23/h16-17,19,23H,5-15H2,1-4H3/t19-/m1/s1. The Morgan fingerprint density at radius 1 is 0.826 bits per heavy atom. The first-order valence-electron chi connectivity index (χ1n) is 9.87. The molecule has 0 spiro atoms. The molecule has 0 radical (unpaired) electrons. The first-order valence-corrected chi connectivity index (χ1v) is 9.87. The van der Waals surface area contributed by atoms with Gasteiger partial charge in [-0.25, -0.2) is 0 Å². The molecule has 0 amide bonds. The Morgan fingerprint density at radius 3 is 1.91 bits per heavy atom. The molecule has 0 saturated heterocycles. The third kappa shape index (κ3) is 7.42. The van der Waals surface area contributed by atoms with Crippen molar-refractivity contribution in [1.29, 1.82) is 0 Å². The van der Waals surface area contributed by atoms with E-state index in [2.05, 4.69) is 32.9 Å². The van der Waals surface area contributed by atoms with E-state index >= 15 is 0 Å². The summed E-state index contributed by atoms with van der Waals surface area (Å²) in [5.41, 5.74) is 3.35. The minimum absolute atomic E-state index is 0.461. The van der Waals surface area contributed by atoms with E-state index in [4.69, 9.17) is 0 Å². The highest BCUT2D eigenvalue weighted by Gasteiger charge is 2.12. The number of hydrogen-bond acceptors (Lipinski definition) is 1. The molecule has 1 atom stereocenters. The quantitative estimate of drug-likeness (QED) is 0.397. The van der Waals surface area contributed by atoms with Crippen molar-refractivity contribution in [2.75, 3.05) is 0 Å². The number of phenols is 1. The molecular formula is C22H38O. The van der Waals surface area contributed by atoms with Crippen LogP contribution in [0.15, 0.2) is 12.1 Å². The van der Waals surface area contributed by atoms with E-state index in [0.29, 0.717) is 11.7 Å². The molecule has 0 aromatic heterocycles. The molecule has 1 aromatic carbocycles. The summed E-state index contributed by atoms with van der Waals surface area (Å²) in [6.45, 7) is 8.60. The van der Waals surface area contributed by atoms with E-state index in [0.717, 1.165) is 11.1 Å². The summed E-state index contributed by atoms with van der Waals surface area (Å²) in [5, 5.41) is 10.3. The summed E-state index contributed by atoms with van der Waals surface area (Å²) in [6.07, 6.45) is 15.0. The fraction of sp³-hybridized carbons (Fsp3) is 0.727. The zero-order valence-electron chi connectivity index (χ0n) is 16.0. The number of rotatable bonds is 12. The molecular weight excluding hydrogens is 280 g/mol. The van der Waals surface area contributed by atoms with Gasteiger partial charge in [0.1, 0.15) is 5.75 Å². The summed E-state index contributed by atoms with van der Waals surface area (Å²) in [7, 11) is 0. The number of phenolic OH excluding ortho intramolecular Hbond substituents is 1. The molecule has 0 fully saturated rings. The molecule has 23 heavy (non-hydrogen) atoms. The minimum Gasteiger partial charge on any atom is -0.507 e. The van der Waals surface area contributed by atoms with Crippen LogP contribution in [0.2, 0.25) is 0 Å². The van der Waals surface area contributed by atoms with Crippen molar-refractivity contribution < 1.29 is 5.11 Å². The van der Waals surface area contributed by atoms with Crippen molar-refractivity contribution in [2.45, 2.75) is 104 Å². The Balaban J connectivity index is 2.13. The van der Waals surface area contributed by atoms with Gasteiger partial charge < -0.3 is 5.11 Å². The highest BCUT2D eigenvalue weighted by molar-refractivity contribution is 5.45. The van der Waals surface area contributed by atoms with Gasteiger partial charge in [0.2, 0.25) is 0 Å². The van der Waals surface area contributed by atoms with Crippen LogP contribution < -0.4 is 0 Å². The average molecular weight is 319 g/mol. The molecule has 0 aliphatic carbocycles. The molecule has 0 unspecified atom stereocenters. The monoisotopic (exact) mass is 318 g/mol. The SMILES string of the molecule is CCCCCCCCCCCC[C@@H](C)c1ccc(C)c(C)c1O. The van der Waals surface area contributed by atoms with Gasteiger partial charge in [0.15, 0.2) is 0 Å². The molecule has 0 aliphatic heterocycles. The van der Waals surface area contributed by atoms with Crippen LogP contribution in [0.4, 0.5) is 0 Å². The summed E-state index contributed by atoms with van der Waals surface area (Å²) in [6, 6.07) is 4.25. The molecule has 1 N–H and O–H groups in total. The van der Waals surface area contributed by atoms with E-state index in [1.54, 1.807) is 0 Å². The van der Waals surface area contributed by atoms with E-state index < -0.39 is 0 Å². The van der Waals surface area contributed by atoms with E-state index in [9.17, 15) is 5.11 Å². The van der Waals surface area contributed by atoms with Gasteiger partial charge in [-0.05, 0) is 42.9 Å². The second-order valence-electron chi connectivity index (χ2n) is 7.32. The molecule has 0 saturated carbocycles. The maximum Gasteiger partial charge on any atom is 0.122 e. The Hall–Kier alpha value is -0.980. The maximum atomic E-state index is 10.3. The van der Waals surface area contributed by atoms with Crippen LogP contribution in [-0.4, -0.2) is 5.11 Å². The first-order chi connectivity index (χ1) is 11.1. The lowest BCUT2D eigenvalue weighted by molar-refractivity contribution is 0.452. The third-order valence-electron chi connectivity index (χ3n) is 5.25. The smallest absolute Gasteiger partial charge is 0.122 e. The molecule has 1 heteroatoms. The van der Waals surface area contributed by atoms with Crippen molar-refractivity contribution in [3.63, 3.8) is 0 Å².